The molecule has 1 saturated carbocycles. The highest BCUT2D eigenvalue weighted by Gasteiger charge is 2.62. The molecule has 0 aromatic carbocycles. The predicted octanol–water partition coefficient (Wildman–Crippen LogP) is 2.17. The minimum atomic E-state index is -4.21. The van der Waals surface area contributed by atoms with Gasteiger partial charge in [-0.3, -0.25) is 4.90 Å². The zero-order chi connectivity index (χ0) is 15.8. The van der Waals surface area contributed by atoms with Crippen molar-refractivity contribution < 1.29 is 32.2 Å². The van der Waals surface area contributed by atoms with Crippen LogP contribution in [0.2, 0.25) is 0 Å². The van der Waals surface area contributed by atoms with Gasteiger partial charge in [0.15, 0.2) is 0 Å². The molecule has 1 aliphatic carbocycles. The lowest BCUT2D eigenvalue weighted by atomic mass is 9.82. The number of aliphatic hydroxyl groups excluding tert-OH is 2. The molecule has 0 aromatic heterocycles. The first-order valence-corrected chi connectivity index (χ1v) is 7.13. The number of hydrogen-bond acceptors (Lipinski definition) is 3. The smallest absolute Gasteiger partial charge is 0.389 e. The lowest BCUT2D eigenvalue weighted by Gasteiger charge is -2.46. The maximum Gasteiger partial charge on any atom is 0.389 e. The Morgan fingerprint density at radius 1 is 1.14 bits per heavy atom. The van der Waals surface area contributed by atoms with Crippen molar-refractivity contribution in [3.05, 3.63) is 0 Å². The Labute approximate surface area is 119 Å². The van der Waals surface area contributed by atoms with Crippen LogP contribution in [0.25, 0.3) is 0 Å². The Morgan fingerprint density at radius 2 is 1.76 bits per heavy atom. The molecule has 124 valence electrons. The molecule has 8 heteroatoms. The van der Waals surface area contributed by atoms with Crippen LogP contribution in [0.1, 0.15) is 32.1 Å². The highest BCUT2D eigenvalue weighted by atomic mass is 19.4. The molecule has 0 radical (unpaired) electrons. The molecule has 2 aliphatic rings. The van der Waals surface area contributed by atoms with Crippen molar-refractivity contribution in [1.82, 2.24) is 4.90 Å². The average molecular weight is 317 g/mol. The molecule has 21 heavy (non-hydrogen) atoms. The van der Waals surface area contributed by atoms with E-state index >= 15 is 0 Å². The highest BCUT2D eigenvalue weighted by Crippen LogP contribution is 2.54. The number of piperidine rings is 1. The van der Waals surface area contributed by atoms with Crippen molar-refractivity contribution in [3.63, 3.8) is 0 Å². The number of aliphatic hydroxyl groups is 2. The molecule has 1 unspecified atom stereocenters. The van der Waals surface area contributed by atoms with Gasteiger partial charge >= 0.3 is 6.18 Å². The molecule has 2 rings (SSSR count). The summed E-state index contributed by atoms with van der Waals surface area (Å²) in [5, 5.41) is 19.5. The van der Waals surface area contributed by atoms with E-state index in [9.17, 15) is 32.2 Å². The summed E-state index contributed by atoms with van der Waals surface area (Å²) in [6, 6.07) is 0. The Balaban J connectivity index is 1.93. The second kappa shape index (κ2) is 5.96. The van der Waals surface area contributed by atoms with E-state index in [4.69, 9.17) is 0 Å². The Kier molecular flexibility index (Phi) is 4.80. The van der Waals surface area contributed by atoms with Crippen molar-refractivity contribution in [3.8, 4) is 0 Å². The number of halogens is 5. The van der Waals surface area contributed by atoms with Crippen molar-refractivity contribution in [1.29, 1.82) is 0 Å². The summed E-state index contributed by atoms with van der Waals surface area (Å²) in [4.78, 5) is 1.65. The van der Waals surface area contributed by atoms with Crippen molar-refractivity contribution >= 4 is 0 Å². The second-order valence-corrected chi connectivity index (χ2v) is 6.04. The number of rotatable bonds is 5. The first-order valence-electron chi connectivity index (χ1n) is 7.13. The van der Waals surface area contributed by atoms with E-state index in [0.29, 0.717) is 12.8 Å². The molecule has 1 heterocycles. The van der Waals surface area contributed by atoms with Gasteiger partial charge in [-0.2, -0.15) is 13.2 Å². The third-order valence-corrected chi connectivity index (χ3v) is 4.59. The maximum atomic E-state index is 13.2. The van der Waals surface area contributed by atoms with E-state index in [0.717, 1.165) is 0 Å². The van der Waals surface area contributed by atoms with Gasteiger partial charge in [0.2, 0.25) is 6.43 Å². The fraction of sp³-hybridized carbons (Fsp3) is 1.00. The normalized spacial score (nSPS) is 32.9. The molecular formula is C13H20F5NO2. The van der Waals surface area contributed by atoms with Gasteiger partial charge in [-0.05, 0) is 32.2 Å². The molecular weight excluding hydrogens is 297 g/mol. The summed E-state index contributed by atoms with van der Waals surface area (Å²) < 4.78 is 62.5. The number of nitrogens with zero attached hydrogens (tertiary/aromatic N) is 1. The number of β-amino-alcohol motifs (C(OH)–C–C–N with tert-alkyl or cyclic N) is 1. The monoisotopic (exact) mass is 317 g/mol. The summed E-state index contributed by atoms with van der Waals surface area (Å²) in [6.07, 6.45) is -9.45. The molecule has 0 bridgehead atoms. The van der Waals surface area contributed by atoms with Gasteiger partial charge in [0.1, 0.15) is 0 Å². The van der Waals surface area contributed by atoms with E-state index < -0.39 is 42.7 Å². The maximum absolute atomic E-state index is 13.2. The van der Waals surface area contributed by atoms with Gasteiger partial charge in [-0.15, -0.1) is 0 Å². The highest BCUT2D eigenvalue weighted by molar-refractivity contribution is 5.15. The number of unbranched alkanes of at least 4 members (excludes halogenated alkanes) is 1. The van der Waals surface area contributed by atoms with Gasteiger partial charge < -0.3 is 10.2 Å². The van der Waals surface area contributed by atoms with Crippen molar-refractivity contribution in [2.45, 2.75) is 62.5 Å². The van der Waals surface area contributed by atoms with Gasteiger partial charge in [0, 0.05) is 18.5 Å². The van der Waals surface area contributed by atoms with Crippen LogP contribution in [-0.4, -0.2) is 58.6 Å². The number of hydrogen-bond donors (Lipinski definition) is 2. The lowest BCUT2D eigenvalue weighted by Crippen LogP contribution is -2.62. The van der Waals surface area contributed by atoms with Crippen LogP contribution in [-0.2, 0) is 0 Å². The lowest BCUT2D eigenvalue weighted by molar-refractivity contribution is -0.153. The first-order chi connectivity index (χ1) is 9.67. The zero-order valence-electron chi connectivity index (χ0n) is 11.5. The molecule has 1 saturated heterocycles. The Morgan fingerprint density at radius 3 is 2.24 bits per heavy atom. The SMILES string of the molecule is O[C@@H]1CN(CCCCC(F)(F)F)C2(CC2)C(C(F)F)[C@H]1O. The van der Waals surface area contributed by atoms with E-state index in [1.165, 1.54) is 0 Å². The van der Waals surface area contributed by atoms with Gasteiger partial charge in [0.05, 0.1) is 18.1 Å². The first kappa shape index (κ1) is 16.9. The van der Waals surface area contributed by atoms with Gasteiger partial charge in [-0.25, -0.2) is 8.78 Å². The van der Waals surface area contributed by atoms with Crippen molar-refractivity contribution in [2.24, 2.45) is 5.92 Å². The van der Waals surface area contributed by atoms with Crippen LogP contribution in [0, 0.1) is 5.92 Å². The van der Waals surface area contributed by atoms with E-state index in [2.05, 4.69) is 0 Å². The molecule has 0 aromatic rings. The quantitative estimate of drug-likeness (QED) is 0.603. The molecule has 2 N–H and O–H groups in total. The Hall–Kier alpha value is -0.470. The summed E-state index contributed by atoms with van der Waals surface area (Å²) in [7, 11) is 0. The number of likely N-dealkylation sites (tertiary alicyclic amines) is 1. The standard InChI is InChI=1S/C13H20F5NO2/c14-11(15)9-10(21)8(20)7-19(12(9)4-5-12)6-2-1-3-13(16,17)18/h8-11,20-21H,1-7H2/t8-,9?,10+/m1/s1. The van der Waals surface area contributed by atoms with Crippen LogP contribution in [0.4, 0.5) is 22.0 Å². The second-order valence-electron chi connectivity index (χ2n) is 6.04. The molecule has 1 aliphatic heterocycles. The molecule has 2 fully saturated rings. The van der Waals surface area contributed by atoms with Crippen LogP contribution in [0.3, 0.4) is 0 Å². The minimum absolute atomic E-state index is 0.0381. The third-order valence-electron chi connectivity index (χ3n) is 4.59. The van der Waals surface area contributed by atoms with Gasteiger partial charge in [-0.1, -0.05) is 0 Å². The topological polar surface area (TPSA) is 43.7 Å². The fourth-order valence-electron chi connectivity index (χ4n) is 3.39. The number of alkyl halides is 5. The minimum Gasteiger partial charge on any atom is -0.390 e. The van der Waals surface area contributed by atoms with Gasteiger partial charge in [0.25, 0.3) is 0 Å². The van der Waals surface area contributed by atoms with Crippen LogP contribution >= 0.6 is 0 Å². The van der Waals surface area contributed by atoms with E-state index in [-0.39, 0.29) is 25.9 Å². The summed E-state index contributed by atoms with van der Waals surface area (Å²) >= 11 is 0. The molecule has 1 spiro atoms. The summed E-state index contributed by atoms with van der Waals surface area (Å²) in [5.41, 5.74) is -0.842. The van der Waals surface area contributed by atoms with Crippen LogP contribution in [0.15, 0.2) is 0 Å². The van der Waals surface area contributed by atoms with Crippen LogP contribution in [0.5, 0.6) is 0 Å². The third kappa shape index (κ3) is 3.65. The largest absolute Gasteiger partial charge is 0.390 e. The average Bonchev–Trinajstić information content (AvgIpc) is 3.11. The molecule has 3 nitrogen and oxygen atoms in total. The zero-order valence-corrected chi connectivity index (χ0v) is 11.5. The summed E-state index contributed by atoms with van der Waals surface area (Å²) in [6.45, 7) is 0.277. The summed E-state index contributed by atoms with van der Waals surface area (Å²) in [5.74, 6) is -1.33. The molecule has 3 atom stereocenters. The van der Waals surface area contributed by atoms with Crippen molar-refractivity contribution in [2.75, 3.05) is 13.1 Å². The predicted molar refractivity (Wildman–Crippen MR) is 65.0 cm³/mol. The fourth-order valence-corrected chi connectivity index (χ4v) is 3.39. The van der Waals surface area contributed by atoms with Crippen LogP contribution < -0.4 is 0 Å². The Bertz CT molecular complexity index is 359. The van der Waals surface area contributed by atoms with E-state index in [1.807, 2.05) is 0 Å². The van der Waals surface area contributed by atoms with E-state index in [1.54, 1.807) is 4.90 Å². The molecule has 0 amide bonds.